The van der Waals surface area contributed by atoms with E-state index in [1.54, 1.807) is 6.92 Å². The Morgan fingerprint density at radius 1 is 1.29 bits per heavy atom. The van der Waals surface area contributed by atoms with E-state index in [0.29, 0.717) is 11.1 Å². The highest BCUT2D eigenvalue weighted by Crippen LogP contribution is 2.27. The maximum absolute atomic E-state index is 13.6. The van der Waals surface area contributed by atoms with Crippen LogP contribution in [0.25, 0.3) is 0 Å². The molecule has 4 nitrogen and oxygen atoms in total. The maximum Gasteiger partial charge on any atom is 0.262 e. The molecule has 0 aliphatic heterocycles. The summed E-state index contributed by atoms with van der Waals surface area (Å²) in [5.74, 6) is -0.678. The van der Waals surface area contributed by atoms with Crippen LogP contribution in [0.4, 0.5) is 10.1 Å². The van der Waals surface area contributed by atoms with E-state index in [-0.39, 0.29) is 22.2 Å². The van der Waals surface area contributed by atoms with E-state index in [0.717, 1.165) is 6.07 Å². The van der Waals surface area contributed by atoms with Crippen molar-refractivity contribution in [2.45, 2.75) is 18.4 Å². The molecule has 0 amide bonds. The maximum atomic E-state index is 13.6. The number of para-hydroxylation sites is 1. The molecule has 112 valence electrons. The van der Waals surface area contributed by atoms with Crippen LogP contribution < -0.4 is 4.72 Å². The Bertz CT molecular complexity index is 778. The summed E-state index contributed by atoms with van der Waals surface area (Å²) in [5.41, 5.74) is 0.615. The fourth-order valence-electron chi connectivity index (χ4n) is 1.90. The highest BCUT2D eigenvalue weighted by atomic mass is 35.5. The molecule has 2 N–H and O–H groups in total. The number of benzene rings is 2. The van der Waals surface area contributed by atoms with E-state index in [2.05, 4.69) is 4.72 Å². The predicted octanol–water partition coefficient (Wildman–Crippen LogP) is 3.08. The first-order valence-corrected chi connectivity index (χ1v) is 7.88. The summed E-state index contributed by atoms with van der Waals surface area (Å²) in [5, 5.41) is 9.41. The first kappa shape index (κ1) is 15.8. The fourth-order valence-corrected chi connectivity index (χ4v) is 3.58. The number of aliphatic hydroxyl groups is 1. The Morgan fingerprint density at radius 3 is 2.57 bits per heavy atom. The molecule has 7 heteroatoms. The van der Waals surface area contributed by atoms with E-state index < -0.39 is 15.8 Å². The second-order valence-corrected chi connectivity index (χ2v) is 6.52. The topological polar surface area (TPSA) is 66.4 Å². The van der Waals surface area contributed by atoms with Gasteiger partial charge in [-0.15, -0.1) is 0 Å². The molecule has 0 unspecified atom stereocenters. The van der Waals surface area contributed by atoms with Gasteiger partial charge >= 0.3 is 0 Å². The van der Waals surface area contributed by atoms with Crippen molar-refractivity contribution in [1.29, 1.82) is 0 Å². The number of hydrogen-bond acceptors (Lipinski definition) is 3. The average Bonchev–Trinajstić information content (AvgIpc) is 2.43. The van der Waals surface area contributed by atoms with E-state index in [9.17, 15) is 17.9 Å². The summed E-state index contributed by atoms with van der Waals surface area (Å²) >= 11 is 5.86. The molecular weight excluding hydrogens is 317 g/mol. The number of nitrogens with one attached hydrogen (secondary N) is 1. The molecule has 21 heavy (non-hydrogen) atoms. The second-order valence-electron chi connectivity index (χ2n) is 4.43. The molecule has 0 atom stereocenters. The molecule has 0 aliphatic carbocycles. The molecule has 2 rings (SSSR count). The highest BCUT2D eigenvalue weighted by Gasteiger charge is 2.21. The zero-order valence-corrected chi connectivity index (χ0v) is 12.7. The van der Waals surface area contributed by atoms with Crippen LogP contribution in [0.5, 0.6) is 0 Å². The molecule has 0 spiro atoms. The zero-order chi connectivity index (χ0) is 15.6. The molecule has 0 heterocycles. The number of hydrogen-bond donors (Lipinski definition) is 2. The van der Waals surface area contributed by atoms with Crippen LogP contribution in [-0.4, -0.2) is 13.5 Å². The normalized spacial score (nSPS) is 11.4. The number of sulfonamides is 1. The summed E-state index contributed by atoms with van der Waals surface area (Å²) in [7, 11) is -4.01. The minimum atomic E-state index is -4.01. The van der Waals surface area contributed by atoms with Crippen molar-refractivity contribution in [3.05, 3.63) is 58.4 Å². The fraction of sp³-hybridized carbons (Fsp3) is 0.143. The van der Waals surface area contributed by atoms with E-state index in [1.165, 1.54) is 30.3 Å². The van der Waals surface area contributed by atoms with Gasteiger partial charge in [0, 0.05) is 5.02 Å². The van der Waals surface area contributed by atoms with Crippen molar-refractivity contribution in [3.8, 4) is 0 Å². The van der Waals surface area contributed by atoms with Gasteiger partial charge in [-0.2, -0.15) is 0 Å². The minimum absolute atomic E-state index is 0.0951. The molecule has 0 saturated heterocycles. The van der Waals surface area contributed by atoms with Gasteiger partial charge in [-0.1, -0.05) is 23.7 Å². The molecular formula is C14H13ClFNO3S. The molecule has 0 fully saturated rings. The van der Waals surface area contributed by atoms with Gasteiger partial charge in [0.05, 0.1) is 17.2 Å². The van der Waals surface area contributed by atoms with E-state index in [4.69, 9.17) is 11.6 Å². The third kappa shape index (κ3) is 3.34. The number of aliphatic hydroxyl groups excluding tert-OH is 1. The summed E-state index contributed by atoms with van der Waals surface area (Å²) in [6.07, 6.45) is 0. The summed E-state index contributed by atoms with van der Waals surface area (Å²) in [4.78, 5) is -0.0951. The molecule has 0 aromatic heterocycles. The highest BCUT2D eigenvalue weighted by molar-refractivity contribution is 7.92. The Hall–Kier alpha value is -1.63. The largest absolute Gasteiger partial charge is 0.392 e. The Kier molecular flexibility index (Phi) is 4.51. The number of rotatable bonds is 4. The van der Waals surface area contributed by atoms with E-state index in [1.807, 2.05) is 0 Å². The van der Waals surface area contributed by atoms with Crippen molar-refractivity contribution < 1.29 is 17.9 Å². The molecule has 0 radical (unpaired) electrons. The lowest BCUT2D eigenvalue weighted by atomic mass is 10.1. The van der Waals surface area contributed by atoms with Crippen LogP contribution in [0.15, 0.2) is 41.3 Å². The Morgan fingerprint density at radius 2 is 1.95 bits per heavy atom. The quantitative estimate of drug-likeness (QED) is 0.906. The monoisotopic (exact) mass is 329 g/mol. The van der Waals surface area contributed by atoms with Crippen LogP contribution in [0.2, 0.25) is 5.02 Å². The first-order valence-electron chi connectivity index (χ1n) is 6.02. The van der Waals surface area contributed by atoms with Crippen LogP contribution >= 0.6 is 11.6 Å². The van der Waals surface area contributed by atoms with Crippen LogP contribution in [-0.2, 0) is 16.6 Å². The van der Waals surface area contributed by atoms with Crippen molar-refractivity contribution in [2.24, 2.45) is 0 Å². The molecule has 0 bridgehead atoms. The standard InChI is InChI=1S/C14H13ClFNO3S/c1-9-10(8-18)6-11(15)7-14(9)21(19,20)17-13-5-3-2-4-12(13)16/h2-7,17-18H,8H2,1H3. The van der Waals surface area contributed by atoms with E-state index >= 15 is 0 Å². The summed E-state index contributed by atoms with van der Waals surface area (Å²) < 4.78 is 40.5. The van der Waals surface area contributed by atoms with Crippen molar-refractivity contribution in [3.63, 3.8) is 0 Å². The van der Waals surface area contributed by atoms with Gasteiger partial charge in [-0.25, -0.2) is 12.8 Å². The molecule has 2 aromatic rings. The van der Waals surface area contributed by atoms with Crippen LogP contribution in [0.1, 0.15) is 11.1 Å². The second kappa shape index (κ2) is 6.01. The third-order valence-electron chi connectivity index (χ3n) is 3.01. The first-order chi connectivity index (χ1) is 9.85. The van der Waals surface area contributed by atoms with Gasteiger partial charge in [-0.05, 0) is 42.3 Å². The molecule has 0 saturated carbocycles. The summed E-state index contributed by atoms with van der Waals surface area (Å²) in [6.45, 7) is 1.21. The summed E-state index contributed by atoms with van der Waals surface area (Å²) in [6, 6.07) is 8.20. The van der Waals surface area contributed by atoms with Crippen molar-refractivity contribution in [1.82, 2.24) is 0 Å². The van der Waals surface area contributed by atoms with Gasteiger partial charge in [0.2, 0.25) is 0 Å². The molecule has 0 aliphatic rings. The lowest BCUT2D eigenvalue weighted by molar-refractivity contribution is 0.280. The lowest BCUT2D eigenvalue weighted by Gasteiger charge is -2.13. The third-order valence-corrected chi connectivity index (χ3v) is 4.72. The van der Waals surface area contributed by atoms with Gasteiger partial charge in [-0.3, -0.25) is 4.72 Å². The van der Waals surface area contributed by atoms with Gasteiger partial charge in [0.25, 0.3) is 10.0 Å². The number of anilines is 1. The number of halogens is 2. The van der Waals surface area contributed by atoms with Crippen molar-refractivity contribution in [2.75, 3.05) is 4.72 Å². The lowest BCUT2D eigenvalue weighted by Crippen LogP contribution is -2.16. The smallest absolute Gasteiger partial charge is 0.262 e. The zero-order valence-electron chi connectivity index (χ0n) is 11.1. The van der Waals surface area contributed by atoms with Gasteiger partial charge < -0.3 is 5.11 Å². The minimum Gasteiger partial charge on any atom is -0.392 e. The van der Waals surface area contributed by atoms with Crippen molar-refractivity contribution >= 4 is 27.3 Å². The Labute approximate surface area is 127 Å². The molecule has 2 aromatic carbocycles. The van der Waals surface area contributed by atoms with Gasteiger partial charge in [0.1, 0.15) is 5.82 Å². The SMILES string of the molecule is Cc1c(CO)cc(Cl)cc1S(=O)(=O)Nc1ccccc1F. The van der Waals surface area contributed by atoms with Crippen LogP contribution in [0.3, 0.4) is 0 Å². The van der Waals surface area contributed by atoms with Gasteiger partial charge in [0.15, 0.2) is 0 Å². The average molecular weight is 330 g/mol. The Balaban J connectivity index is 2.50. The predicted molar refractivity (Wildman–Crippen MR) is 79.3 cm³/mol. The van der Waals surface area contributed by atoms with Crippen LogP contribution in [0, 0.1) is 12.7 Å².